The van der Waals surface area contributed by atoms with Gasteiger partial charge < -0.3 is 5.73 Å². The Balaban J connectivity index is 2.15. The summed E-state index contributed by atoms with van der Waals surface area (Å²) in [5.41, 5.74) is 5.13. The number of aromatic nitrogens is 3. The number of alkyl halides is 3. The van der Waals surface area contributed by atoms with Crippen LogP contribution in [0.5, 0.6) is 0 Å². The van der Waals surface area contributed by atoms with E-state index in [1.54, 1.807) is 6.08 Å². The maximum Gasteiger partial charge on any atom is 0.417 e. The first-order valence-corrected chi connectivity index (χ1v) is 6.29. The van der Waals surface area contributed by atoms with E-state index in [0.29, 0.717) is 12.2 Å². The first-order valence-electron chi connectivity index (χ1n) is 5.91. The van der Waals surface area contributed by atoms with E-state index in [1.165, 1.54) is 4.40 Å². The van der Waals surface area contributed by atoms with Gasteiger partial charge in [-0.2, -0.15) is 13.2 Å². The zero-order chi connectivity index (χ0) is 14.5. The number of hydrogen-bond donors (Lipinski definition) is 1. The van der Waals surface area contributed by atoms with Gasteiger partial charge in [0.2, 0.25) is 0 Å². The normalized spacial score (nSPS) is 22.9. The molecule has 2 heterocycles. The van der Waals surface area contributed by atoms with E-state index < -0.39 is 11.7 Å². The van der Waals surface area contributed by atoms with Gasteiger partial charge in [0.25, 0.3) is 0 Å². The molecule has 0 radical (unpaired) electrons. The summed E-state index contributed by atoms with van der Waals surface area (Å²) in [6, 6.07) is 0.736. The summed E-state index contributed by atoms with van der Waals surface area (Å²) < 4.78 is 39.8. The second-order valence-corrected chi connectivity index (χ2v) is 5.12. The molecule has 20 heavy (non-hydrogen) atoms. The fraction of sp³-hybridized carbons (Fsp3) is 0.333. The van der Waals surface area contributed by atoms with E-state index in [1.807, 2.05) is 6.08 Å². The molecule has 106 valence electrons. The third kappa shape index (κ3) is 2.16. The van der Waals surface area contributed by atoms with Crippen LogP contribution in [-0.2, 0) is 6.18 Å². The zero-order valence-electron chi connectivity index (χ0n) is 10.1. The van der Waals surface area contributed by atoms with Crippen LogP contribution in [0.3, 0.4) is 0 Å². The van der Waals surface area contributed by atoms with Gasteiger partial charge in [0.05, 0.1) is 10.6 Å². The van der Waals surface area contributed by atoms with Crippen molar-refractivity contribution < 1.29 is 13.2 Å². The highest BCUT2D eigenvalue weighted by molar-refractivity contribution is 6.33. The highest BCUT2D eigenvalue weighted by Gasteiger charge is 2.33. The molecule has 0 aliphatic heterocycles. The van der Waals surface area contributed by atoms with E-state index in [-0.39, 0.29) is 22.6 Å². The minimum Gasteiger partial charge on any atom is -0.324 e. The van der Waals surface area contributed by atoms with Crippen molar-refractivity contribution in [3.63, 3.8) is 0 Å². The zero-order valence-corrected chi connectivity index (χ0v) is 10.9. The average molecular weight is 303 g/mol. The van der Waals surface area contributed by atoms with Gasteiger partial charge in [-0.15, -0.1) is 10.2 Å². The van der Waals surface area contributed by atoms with Crippen LogP contribution >= 0.6 is 11.6 Å². The molecule has 2 aromatic heterocycles. The fourth-order valence-corrected chi connectivity index (χ4v) is 2.54. The van der Waals surface area contributed by atoms with Gasteiger partial charge >= 0.3 is 6.18 Å². The van der Waals surface area contributed by atoms with E-state index in [2.05, 4.69) is 10.2 Å². The Morgan fingerprint density at radius 1 is 1.30 bits per heavy atom. The van der Waals surface area contributed by atoms with Crippen LogP contribution in [0.15, 0.2) is 24.4 Å². The quantitative estimate of drug-likeness (QED) is 0.824. The van der Waals surface area contributed by atoms with Crippen LogP contribution in [-0.4, -0.2) is 20.6 Å². The topological polar surface area (TPSA) is 56.2 Å². The van der Waals surface area contributed by atoms with Crippen molar-refractivity contribution in [3.8, 4) is 0 Å². The minimum atomic E-state index is -4.47. The number of allylic oxidation sites excluding steroid dienone is 1. The van der Waals surface area contributed by atoms with Crippen LogP contribution in [0, 0.1) is 0 Å². The second kappa shape index (κ2) is 4.46. The van der Waals surface area contributed by atoms with Crippen molar-refractivity contribution in [2.45, 2.75) is 24.6 Å². The van der Waals surface area contributed by atoms with Crippen molar-refractivity contribution in [2.24, 2.45) is 5.73 Å². The lowest BCUT2D eigenvalue weighted by atomic mass is 10.1. The Kier molecular flexibility index (Phi) is 2.98. The third-order valence-corrected chi connectivity index (χ3v) is 3.54. The smallest absolute Gasteiger partial charge is 0.324 e. The van der Waals surface area contributed by atoms with Crippen molar-refractivity contribution in [1.82, 2.24) is 14.6 Å². The Bertz CT molecular complexity index is 692. The summed E-state index contributed by atoms with van der Waals surface area (Å²) in [5.74, 6) is 0.261. The minimum absolute atomic E-state index is 0.0788. The number of pyridine rings is 1. The van der Waals surface area contributed by atoms with Gasteiger partial charge in [-0.3, -0.25) is 4.40 Å². The van der Waals surface area contributed by atoms with Crippen LogP contribution in [0.4, 0.5) is 13.2 Å². The SMILES string of the molecule is NC1C=CC(c2nnc3c(Cl)cc(C(F)(F)F)cn23)C1. The third-order valence-electron chi connectivity index (χ3n) is 3.26. The maximum atomic E-state index is 12.8. The molecule has 3 rings (SSSR count). The molecule has 2 atom stereocenters. The molecule has 0 fully saturated rings. The van der Waals surface area contributed by atoms with Gasteiger partial charge in [-0.1, -0.05) is 23.8 Å². The number of nitrogens with two attached hydrogens (primary N) is 1. The van der Waals surface area contributed by atoms with E-state index in [9.17, 15) is 13.2 Å². The maximum absolute atomic E-state index is 12.8. The van der Waals surface area contributed by atoms with Crippen LogP contribution < -0.4 is 5.73 Å². The van der Waals surface area contributed by atoms with E-state index in [0.717, 1.165) is 12.3 Å². The van der Waals surface area contributed by atoms with Gasteiger partial charge in [0.15, 0.2) is 5.65 Å². The van der Waals surface area contributed by atoms with E-state index >= 15 is 0 Å². The lowest BCUT2D eigenvalue weighted by Crippen LogP contribution is -2.15. The van der Waals surface area contributed by atoms with Gasteiger partial charge in [0.1, 0.15) is 5.82 Å². The standard InChI is InChI=1S/C12H10ClF3N4/c13-9-4-7(12(14,15)16)5-20-10(18-19-11(9)20)6-1-2-8(17)3-6/h1-2,4-6,8H,3,17H2. The summed E-state index contributed by atoms with van der Waals surface area (Å²) in [7, 11) is 0. The first-order chi connectivity index (χ1) is 9.36. The van der Waals surface area contributed by atoms with Gasteiger partial charge in [-0.05, 0) is 12.5 Å². The van der Waals surface area contributed by atoms with Crippen LogP contribution in [0.2, 0.25) is 5.02 Å². The monoisotopic (exact) mass is 302 g/mol. The highest BCUT2D eigenvalue weighted by Crippen LogP contribution is 2.34. The first kappa shape index (κ1) is 13.4. The van der Waals surface area contributed by atoms with Gasteiger partial charge in [0, 0.05) is 18.2 Å². The summed E-state index contributed by atoms with van der Waals surface area (Å²) in [4.78, 5) is 0. The molecular weight excluding hydrogens is 293 g/mol. The molecule has 2 N–H and O–H groups in total. The predicted octanol–water partition coefficient (Wildman–Crippen LogP) is 2.77. The molecule has 0 saturated heterocycles. The molecule has 4 nitrogen and oxygen atoms in total. The van der Waals surface area contributed by atoms with Crippen LogP contribution in [0.25, 0.3) is 5.65 Å². The largest absolute Gasteiger partial charge is 0.417 e. The van der Waals surface area contributed by atoms with Crippen molar-refractivity contribution in [2.75, 3.05) is 0 Å². The Hall–Kier alpha value is -1.60. The fourth-order valence-electron chi connectivity index (χ4n) is 2.30. The number of fused-ring (bicyclic) bond motifs is 1. The molecule has 1 aliphatic rings. The number of nitrogens with zero attached hydrogens (tertiary/aromatic N) is 3. The molecule has 0 saturated carbocycles. The molecular formula is C12H10ClF3N4. The molecule has 1 aliphatic carbocycles. The number of halogens is 4. The molecule has 0 bridgehead atoms. The van der Waals surface area contributed by atoms with Crippen molar-refractivity contribution in [3.05, 3.63) is 40.8 Å². The lowest BCUT2D eigenvalue weighted by molar-refractivity contribution is -0.137. The number of hydrogen-bond acceptors (Lipinski definition) is 3. The van der Waals surface area contributed by atoms with E-state index in [4.69, 9.17) is 17.3 Å². The van der Waals surface area contributed by atoms with Gasteiger partial charge in [-0.25, -0.2) is 0 Å². The summed E-state index contributed by atoms with van der Waals surface area (Å²) in [6.45, 7) is 0. The lowest BCUT2D eigenvalue weighted by Gasteiger charge is -2.11. The molecule has 2 aromatic rings. The summed E-state index contributed by atoms with van der Waals surface area (Å²) in [5, 5.41) is 7.72. The Labute approximate surface area is 117 Å². The Morgan fingerprint density at radius 2 is 2.05 bits per heavy atom. The van der Waals surface area contributed by atoms with Crippen molar-refractivity contribution in [1.29, 1.82) is 0 Å². The molecule has 0 spiro atoms. The average Bonchev–Trinajstić information content (AvgIpc) is 2.93. The predicted molar refractivity (Wildman–Crippen MR) is 67.5 cm³/mol. The second-order valence-electron chi connectivity index (χ2n) is 4.72. The summed E-state index contributed by atoms with van der Waals surface area (Å²) >= 11 is 5.85. The Morgan fingerprint density at radius 3 is 2.65 bits per heavy atom. The highest BCUT2D eigenvalue weighted by atomic mass is 35.5. The molecule has 0 aromatic carbocycles. The number of rotatable bonds is 1. The summed E-state index contributed by atoms with van der Waals surface area (Å²) in [6.07, 6.45) is 0.723. The van der Waals surface area contributed by atoms with Crippen molar-refractivity contribution >= 4 is 17.2 Å². The molecule has 8 heteroatoms. The molecule has 0 amide bonds. The van der Waals surface area contributed by atoms with Crippen LogP contribution in [0.1, 0.15) is 23.7 Å². The molecule has 2 unspecified atom stereocenters.